The number of nitrogens with two attached hydrogens (primary N) is 1. The number of nitrogens with zero attached hydrogens (tertiary/aromatic N) is 2. The van der Waals surface area contributed by atoms with E-state index in [0.29, 0.717) is 23.2 Å². The van der Waals surface area contributed by atoms with E-state index >= 15 is 0 Å². The summed E-state index contributed by atoms with van der Waals surface area (Å²) in [7, 11) is -2.93. The first kappa shape index (κ1) is 18.4. The summed E-state index contributed by atoms with van der Waals surface area (Å²) < 4.78 is 66.3. The van der Waals surface area contributed by atoms with Crippen LogP contribution in [0, 0.1) is 6.92 Å². The normalized spacial score (nSPS) is 13.2. The van der Waals surface area contributed by atoms with Gasteiger partial charge >= 0.3 is 6.18 Å². The summed E-state index contributed by atoms with van der Waals surface area (Å²) in [6.45, 7) is 1.84. The molecule has 9 heteroatoms. The first-order valence-corrected chi connectivity index (χ1v) is 9.65. The molecule has 3 aromatic carbocycles. The minimum Gasteiger partial charge on any atom is -0.495 e. The van der Waals surface area contributed by atoms with Crippen molar-refractivity contribution in [1.29, 1.82) is 0 Å². The van der Waals surface area contributed by atoms with E-state index in [0.717, 1.165) is 22.6 Å². The van der Waals surface area contributed by atoms with Crippen LogP contribution in [0.5, 0.6) is 5.75 Å². The number of methoxy groups -OCH3 is 1. The first-order valence-electron chi connectivity index (χ1n) is 11.1. The third-order valence-corrected chi connectivity index (χ3v) is 5.07. The molecule has 0 aliphatic heterocycles. The molecule has 1 amide bonds. The Morgan fingerprint density at radius 1 is 1.12 bits per heavy atom. The van der Waals surface area contributed by atoms with E-state index in [1.54, 1.807) is 30.5 Å². The molecular formula is C24H19F3N4O2. The number of nitrogen functional groups attached to an aromatic ring is 1. The second-order valence-corrected chi connectivity index (χ2v) is 7.30. The molecule has 168 valence electrons. The molecule has 4 aromatic rings. The van der Waals surface area contributed by atoms with Crippen molar-refractivity contribution in [1.82, 2.24) is 9.97 Å². The zero-order chi connectivity index (χ0) is 26.3. The van der Waals surface area contributed by atoms with E-state index in [1.165, 1.54) is 6.07 Å². The Morgan fingerprint density at radius 2 is 1.94 bits per heavy atom. The van der Waals surface area contributed by atoms with Crippen LogP contribution < -0.4 is 15.8 Å². The third-order valence-electron chi connectivity index (χ3n) is 5.07. The number of aryl methyl sites for hydroxylation is 1. The van der Waals surface area contributed by atoms with Crippen molar-refractivity contribution in [3.8, 4) is 16.9 Å². The average molecular weight is 455 g/mol. The SMILES string of the molecule is [2H]C([2H])([2H])Oc1ccc(C(F)(F)F)cc1NC(=O)c1ccc(C)c(-c2ccc3nc(N)ncc3c2)c1. The lowest BCUT2D eigenvalue weighted by molar-refractivity contribution is -0.137. The fourth-order valence-electron chi connectivity index (χ4n) is 3.38. The van der Waals surface area contributed by atoms with Gasteiger partial charge in [0.1, 0.15) is 5.75 Å². The van der Waals surface area contributed by atoms with Crippen molar-refractivity contribution in [3.63, 3.8) is 0 Å². The number of amides is 1. The molecule has 4 rings (SSSR count). The Bertz CT molecular complexity index is 1470. The first-order chi connectivity index (χ1) is 16.8. The number of halogens is 3. The van der Waals surface area contributed by atoms with E-state index in [-0.39, 0.29) is 11.5 Å². The van der Waals surface area contributed by atoms with Gasteiger partial charge in [-0.2, -0.15) is 13.2 Å². The number of hydrogen-bond acceptors (Lipinski definition) is 5. The van der Waals surface area contributed by atoms with Gasteiger partial charge in [0.2, 0.25) is 5.95 Å². The van der Waals surface area contributed by atoms with E-state index in [4.69, 9.17) is 14.6 Å². The molecule has 0 saturated carbocycles. The van der Waals surface area contributed by atoms with Gasteiger partial charge in [-0.05, 0) is 66.1 Å². The lowest BCUT2D eigenvalue weighted by Gasteiger charge is -2.14. The summed E-state index contributed by atoms with van der Waals surface area (Å²) >= 11 is 0. The van der Waals surface area contributed by atoms with Crippen LogP contribution in [0.1, 0.15) is 25.6 Å². The Morgan fingerprint density at radius 3 is 2.70 bits per heavy atom. The number of nitrogens with one attached hydrogen (secondary N) is 1. The summed E-state index contributed by atoms with van der Waals surface area (Å²) in [4.78, 5) is 21.2. The molecular weight excluding hydrogens is 433 g/mol. The quantitative estimate of drug-likeness (QED) is 0.426. The number of aromatic nitrogens is 2. The molecule has 0 spiro atoms. The minimum absolute atomic E-state index is 0.140. The van der Waals surface area contributed by atoms with Gasteiger partial charge in [-0.1, -0.05) is 12.1 Å². The summed E-state index contributed by atoms with van der Waals surface area (Å²) in [6.07, 6.45) is -3.13. The summed E-state index contributed by atoms with van der Waals surface area (Å²) in [5.41, 5.74) is 7.21. The molecule has 33 heavy (non-hydrogen) atoms. The Balaban J connectivity index is 1.70. The van der Waals surface area contributed by atoms with Crippen LogP contribution in [0.2, 0.25) is 0 Å². The third kappa shape index (κ3) is 4.57. The summed E-state index contributed by atoms with van der Waals surface area (Å²) in [6, 6.07) is 12.3. The van der Waals surface area contributed by atoms with Gasteiger partial charge in [0.25, 0.3) is 5.91 Å². The maximum atomic E-state index is 13.2. The summed E-state index contributed by atoms with van der Waals surface area (Å²) in [5, 5.41) is 3.08. The monoisotopic (exact) mass is 455 g/mol. The molecule has 3 N–H and O–H groups in total. The average Bonchev–Trinajstić information content (AvgIpc) is 2.78. The Labute approximate surface area is 191 Å². The number of ether oxygens (including phenoxy) is 1. The van der Waals surface area contributed by atoms with Crippen LogP contribution in [0.4, 0.5) is 24.8 Å². The Hall–Kier alpha value is -4.14. The summed E-state index contributed by atoms with van der Waals surface area (Å²) in [5.74, 6) is -1.03. The number of alkyl halides is 3. The van der Waals surface area contributed by atoms with E-state index in [9.17, 15) is 18.0 Å². The Kier molecular flexibility index (Phi) is 4.70. The molecule has 1 aromatic heterocycles. The smallest absolute Gasteiger partial charge is 0.416 e. The van der Waals surface area contributed by atoms with E-state index < -0.39 is 36.1 Å². The number of benzene rings is 3. The predicted octanol–water partition coefficient (Wildman–Crippen LogP) is 5.47. The fourth-order valence-corrected chi connectivity index (χ4v) is 3.38. The fraction of sp³-hybridized carbons (Fsp3) is 0.125. The minimum atomic E-state index is -4.71. The van der Waals surface area contributed by atoms with Gasteiger partial charge in [-0.15, -0.1) is 0 Å². The predicted molar refractivity (Wildman–Crippen MR) is 120 cm³/mol. The molecule has 0 unspecified atom stereocenters. The molecule has 0 aliphatic carbocycles. The number of hydrogen-bond donors (Lipinski definition) is 2. The number of carbonyl (C=O) groups excluding carboxylic acids is 1. The van der Waals surface area contributed by atoms with Gasteiger partial charge in [0, 0.05) is 17.1 Å². The van der Waals surface area contributed by atoms with E-state index in [1.807, 2.05) is 13.0 Å². The van der Waals surface area contributed by atoms with Gasteiger partial charge in [-0.25, -0.2) is 9.97 Å². The molecule has 0 fully saturated rings. The zero-order valence-electron chi connectivity index (χ0n) is 20.2. The lowest BCUT2D eigenvalue weighted by atomic mass is 9.97. The van der Waals surface area contributed by atoms with E-state index in [2.05, 4.69) is 15.3 Å². The molecule has 1 heterocycles. The maximum Gasteiger partial charge on any atom is 0.416 e. The van der Waals surface area contributed by atoms with Gasteiger partial charge in [0.05, 0.1) is 27.9 Å². The van der Waals surface area contributed by atoms with Crippen molar-refractivity contribution >= 4 is 28.4 Å². The number of rotatable bonds is 4. The standard InChI is InChI=1S/C24H19F3N4O2/c1-13-3-4-15(10-18(13)14-5-7-19-16(9-14)12-29-23(28)31-19)22(32)30-20-11-17(24(25,26)27)6-8-21(20)33-2/h3-12H,1-2H3,(H,30,32)(H2,28,29,31)/i2D3. The second-order valence-electron chi connectivity index (χ2n) is 7.30. The van der Waals surface area contributed by atoms with Crippen molar-refractivity contribution in [2.75, 3.05) is 18.1 Å². The molecule has 6 nitrogen and oxygen atoms in total. The largest absolute Gasteiger partial charge is 0.495 e. The van der Waals surface area contributed by atoms with Gasteiger partial charge in [0.15, 0.2) is 0 Å². The number of anilines is 2. The van der Waals surface area contributed by atoms with Crippen molar-refractivity contribution in [2.45, 2.75) is 13.1 Å². The van der Waals surface area contributed by atoms with Crippen molar-refractivity contribution in [3.05, 3.63) is 77.5 Å². The van der Waals surface area contributed by atoms with Crippen LogP contribution in [0.25, 0.3) is 22.0 Å². The topological polar surface area (TPSA) is 90.1 Å². The second kappa shape index (κ2) is 8.42. The van der Waals surface area contributed by atoms with Crippen LogP contribution >= 0.6 is 0 Å². The van der Waals surface area contributed by atoms with Crippen LogP contribution in [-0.4, -0.2) is 22.9 Å². The molecule has 0 bridgehead atoms. The van der Waals surface area contributed by atoms with Crippen LogP contribution in [-0.2, 0) is 6.18 Å². The highest BCUT2D eigenvalue weighted by molar-refractivity contribution is 6.06. The highest BCUT2D eigenvalue weighted by Crippen LogP contribution is 2.35. The number of fused-ring (bicyclic) bond motifs is 1. The highest BCUT2D eigenvalue weighted by atomic mass is 19.4. The van der Waals surface area contributed by atoms with Gasteiger partial charge < -0.3 is 15.8 Å². The number of carbonyl (C=O) groups is 1. The molecule has 0 atom stereocenters. The van der Waals surface area contributed by atoms with Crippen LogP contribution in [0.3, 0.4) is 0 Å². The van der Waals surface area contributed by atoms with Crippen molar-refractivity contribution < 1.29 is 26.8 Å². The molecule has 0 radical (unpaired) electrons. The zero-order valence-corrected chi connectivity index (χ0v) is 17.2. The highest BCUT2D eigenvalue weighted by Gasteiger charge is 2.31. The lowest BCUT2D eigenvalue weighted by Crippen LogP contribution is -2.14. The molecule has 0 saturated heterocycles. The van der Waals surface area contributed by atoms with Crippen molar-refractivity contribution in [2.24, 2.45) is 0 Å². The molecule has 0 aliphatic rings. The van der Waals surface area contributed by atoms with Gasteiger partial charge in [-0.3, -0.25) is 4.79 Å². The maximum absolute atomic E-state index is 13.2. The van der Waals surface area contributed by atoms with Crippen LogP contribution in [0.15, 0.2) is 60.8 Å².